The Kier molecular flexibility index (Phi) is 9.96. The molecule has 2 rings (SSSR count). The van der Waals surface area contributed by atoms with Crippen LogP contribution in [0.1, 0.15) is 24.5 Å². The van der Waals surface area contributed by atoms with E-state index in [1.54, 1.807) is 14.2 Å². The van der Waals surface area contributed by atoms with Crippen LogP contribution in [0, 0.1) is 0 Å². The number of hydrogen-bond donors (Lipinski definition) is 2. The zero-order valence-electron chi connectivity index (χ0n) is 15.7. The van der Waals surface area contributed by atoms with E-state index in [0.29, 0.717) is 0 Å². The van der Waals surface area contributed by atoms with Gasteiger partial charge in [-0.25, -0.2) is 0 Å². The zero-order valence-corrected chi connectivity index (χ0v) is 18.1. The standard InChI is InChI=1S/C18H30N4O2.HI/c1-5-7-20-18(19-2)21-8-10-22-9-6-14-11-16(23-3)17(24-4)12-15(14)13-22;/h11-12H,5-10,13H2,1-4H3,(H2,19,20,21);1H. The van der Waals surface area contributed by atoms with Gasteiger partial charge in [0.25, 0.3) is 0 Å². The molecule has 0 radical (unpaired) electrons. The molecule has 1 aliphatic heterocycles. The summed E-state index contributed by atoms with van der Waals surface area (Å²) < 4.78 is 10.8. The molecule has 0 fully saturated rings. The number of hydrogen-bond acceptors (Lipinski definition) is 4. The van der Waals surface area contributed by atoms with E-state index in [1.807, 2.05) is 7.05 Å². The minimum atomic E-state index is 0. The van der Waals surface area contributed by atoms with Crippen LogP contribution in [0.2, 0.25) is 0 Å². The summed E-state index contributed by atoms with van der Waals surface area (Å²) in [4.78, 5) is 6.68. The quantitative estimate of drug-likeness (QED) is 0.370. The monoisotopic (exact) mass is 462 g/mol. The van der Waals surface area contributed by atoms with Crippen molar-refractivity contribution < 1.29 is 9.47 Å². The highest BCUT2D eigenvalue weighted by molar-refractivity contribution is 14.0. The number of benzene rings is 1. The smallest absolute Gasteiger partial charge is 0.191 e. The number of nitrogens with zero attached hydrogens (tertiary/aromatic N) is 2. The lowest BCUT2D eigenvalue weighted by Gasteiger charge is -2.29. The van der Waals surface area contributed by atoms with E-state index in [0.717, 1.165) is 63.0 Å². The van der Waals surface area contributed by atoms with Gasteiger partial charge in [-0.05, 0) is 36.1 Å². The molecule has 0 saturated carbocycles. The van der Waals surface area contributed by atoms with Gasteiger partial charge in [0.05, 0.1) is 14.2 Å². The summed E-state index contributed by atoms with van der Waals surface area (Å²) in [7, 11) is 5.18. The Hall–Kier alpha value is -1.22. The fourth-order valence-corrected chi connectivity index (χ4v) is 2.93. The van der Waals surface area contributed by atoms with Gasteiger partial charge in [0, 0.05) is 39.8 Å². The first kappa shape index (κ1) is 21.8. The molecule has 0 bridgehead atoms. The third-order valence-corrected chi connectivity index (χ3v) is 4.28. The third kappa shape index (κ3) is 6.22. The maximum Gasteiger partial charge on any atom is 0.191 e. The number of fused-ring (bicyclic) bond motifs is 1. The Morgan fingerprint density at radius 1 is 1.12 bits per heavy atom. The molecule has 1 aromatic rings. The molecule has 6 nitrogen and oxygen atoms in total. The first-order valence-corrected chi connectivity index (χ1v) is 8.62. The maximum absolute atomic E-state index is 5.42. The van der Waals surface area contributed by atoms with E-state index in [1.165, 1.54) is 11.1 Å². The van der Waals surface area contributed by atoms with Crippen molar-refractivity contribution in [3.05, 3.63) is 23.3 Å². The van der Waals surface area contributed by atoms with E-state index < -0.39 is 0 Å². The normalized spacial score (nSPS) is 14.3. The van der Waals surface area contributed by atoms with Gasteiger partial charge in [0.2, 0.25) is 0 Å². The molecule has 0 aliphatic carbocycles. The molecule has 0 saturated heterocycles. The minimum Gasteiger partial charge on any atom is -0.493 e. The molecule has 0 aromatic heterocycles. The van der Waals surface area contributed by atoms with Gasteiger partial charge < -0.3 is 20.1 Å². The van der Waals surface area contributed by atoms with Crippen LogP contribution in [0.3, 0.4) is 0 Å². The van der Waals surface area contributed by atoms with Gasteiger partial charge in [-0.1, -0.05) is 6.92 Å². The molecule has 0 amide bonds. The fourth-order valence-electron chi connectivity index (χ4n) is 2.93. The molecule has 1 aromatic carbocycles. The molecular formula is C18H31IN4O2. The fraction of sp³-hybridized carbons (Fsp3) is 0.611. The van der Waals surface area contributed by atoms with E-state index in [2.05, 4.69) is 39.6 Å². The minimum absolute atomic E-state index is 0. The van der Waals surface area contributed by atoms with Crippen molar-refractivity contribution >= 4 is 29.9 Å². The zero-order chi connectivity index (χ0) is 17.4. The van der Waals surface area contributed by atoms with Crippen molar-refractivity contribution in [3.8, 4) is 11.5 Å². The van der Waals surface area contributed by atoms with Crippen molar-refractivity contribution in [1.82, 2.24) is 15.5 Å². The van der Waals surface area contributed by atoms with Crippen molar-refractivity contribution in [2.75, 3.05) is 47.4 Å². The van der Waals surface area contributed by atoms with Crippen LogP contribution in [-0.4, -0.2) is 58.3 Å². The number of aliphatic imine (C=N–C) groups is 1. The van der Waals surface area contributed by atoms with Gasteiger partial charge in [0.1, 0.15) is 0 Å². The molecular weight excluding hydrogens is 431 g/mol. The van der Waals surface area contributed by atoms with E-state index >= 15 is 0 Å². The summed E-state index contributed by atoms with van der Waals surface area (Å²) >= 11 is 0. The lowest BCUT2D eigenvalue weighted by Crippen LogP contribution is -2.42. The second-order valence-corrected chi connectivity index (χ2v) is 5.93. The number of halogens is 1. The van der Waals surface area contributed by atoms with Crippen LogP contribution < -0.4 is 20.1 Å². The molecule has 25 heavy (non-hydrogen) atoms. The van der Waals surface area contributed by atoms with Gasteiger partial charge in [-0.3, -0.25) is 9.89 Å². The second-order valence-electron chi connectivity index (χ2n) is 5.93. The highest BCUT2D eigenvalue weighted by atomic mass is 127. The Balaban J connectivity index is 0.00000312. The molecule has 2 N–H and O–H groups in total. The van der Waals surface area contributed by atoms with Gasteiger partial charge in [-0.2, -0.15) is 0 Å². The SMILES string of the molecule is CCCNC(=NC)NCCN1CCc2cc(OC)c(OC)cc2C1.I. The van der Waals surface area contributed by atoms with Crippen molar-refractivity contribution in [1.29, 1.82) is 0 Å². The average Bonchev–Trinajstić information content (AvgIpc) is 2.63. The van der Waals surface area contributed by atoms with Crippen LogP contribution in [0.5, 0.6) is 11.5 Å². The Morgan fingerprint density at radius 3 is 2.36 bits per heavy atom. The summed E-state index contributed by atoms with van der Waals surface area (Å²) in [6, 6.07) is 4.22. The van der Waals surface area contributed by atoms with Crippen LogP contribution in [0.4, 0.5) is 0 Å². The summed E-state index contributed by atoms with van der Waals surface area (Å²) in [6.45, 7) is 6.96. The van der Waals surface area contributed by atoms with Gasteiger partial charge >= 0.3 is 0 Å². The first-order chi connectivity index (χ1) is 11.7. The Morgan fingerprint density at radius 2 is 1.76 bits per heavy atom. The molecule has 0 spiro atoms. The predicted molar refractivity (Wildman–Crippen MR) is 114 cm³/mol. The van der Waals surface area contributed by atoms with Crippen LogP contribution in [-0.2, 0) is 13.0 Å². The lowest BCUT2D eigenvalue weighted by molar-refractivity contribution is 0.256. The highest BCUT2D eigenvalue weighted by Crippen LogP contribution is 2.33. The number of nitrogens with one attached hydrogen (secondary N) is 2. The van der Waals surface area contributed by atoms with Crippen LogP contribution in [0.25, 0.3) is 0 Å². The van der Waals surface area contributed by atoms with E-state index in [9.17, 15) is 0 Å². The third-order valence-electron chi connectivity index (χ3n) is 4.28. The van der Waals surface area contributed by atoms with Crippen LogP contribution >= 0.6 is 24.0 Å². The predicted octanol–water partition coefficient (Wildman–Crippen LogP) is 2.25. The van der Waals surface area contributed by atoms with Gasteiger partial charge in [0.15, 0.2) is 17.5 Å². The summed E-state index contributed by atoms with van der Waals surface area (Å²) in [6.07, 6.45) is 2.13. The summed E-state index contributed by atoms with van der Waals surface area (Å²) in [5, 5.41) is 6.66. The molecule has 0 atom stereocenters. The summed E-state index contributed by atoms with van der Waals surface area (Å²) in [5.41, 5.74) is 2.68. The Labute approximate surface area is 168 Å². The van der Waals surface area contributed by atoms with Crippen molar-refractivity contribution in [2.45, 2.75) is 26.3 Å². The van der Waals surface area contributed by atoms with E-state index in [4.69, 9.17) is 9.47 Å². The molecule has 1 heterocycles. The molecule has 0 unspecified atom stereocenters. The highest BCUT2D eigenvalue weighted by Gasteiger charge is 2.19. The summed E-state index contributed by atoms with van der Waals surface area (Å²) in [5.74, 6) is 2.50. The lowest BCUT2D eigenvalue weighted by atomic mass is 9.99. The molecule has 142 valence electrons. The van der Waals surface area contributed by atoms with Crippen molar-refractivity contribution in [2.24, 2.45) is 4.99 Å². The van der Waals surface area contributed by atoms with Crippen molar-refractivity contribution in [3.63, 3.8) is 0 Å². The second kappa shape index (κ2) is 11.4. The average molecular weight is 462 g/mol. The first-order valence-electron chi connectivity index (χ1n) is 8.62. The number of methoxy groups -OCH3 is 2. The van der Waals surface area contributed by atoms with Gasteiger partial charge in [-0.15, -0.1) is 24.0 Å². The van der Waals surface area contributed by atoms with Crippen LogP contribution in [0.15, 0.2) is 17.1 Å². The van der Waals surface area contributed by atoms with E-state index in [-0.39, 0.29) is 24.0 Å². The molecule has 1 aliphatic rings. The molecule has 7 heteroatoms. The maximum atomic E-state index is 5.42. The number of rotatable bonds is 7. The number of guanidine groups is 1. The topological polar surface area (TPSA) is 58.1 Å². The Bertz CT molecular complexity index is 566. The largest absolute Gasteiger partial charge is 0.493 e. The number of ether oxygens (including phenoxy) is 2.